The van der Waals surface area contributed by atoms with Crippen LogP contribution < -0.4 is 5.32 Å². The molecule has 1 N–H and O–H groups in total. The second kappa shape index (κ2) is 10.1. The molecule has 32 heavy (non-hydrogen) atoms. The number of aryl methyl sites for hydroxylation is 1. The van der Waals surface area contributed by atoms with Crippen LogP contribution in [0.4, 0.5) is 0 Å². The minimum absolute atomic E-state index is 0.0543. The number of carbonyl (C=O) groups excluding carboxylic acids is 2. The van der Waals surface area contributed by atoms with Gasteiger partial charge in [-0.1, -0.05) is 78.0 Å². The molecule has 0 atom stereocenters. The van der Waals surface area contributed by atoms with Crippen molar-refractivity contribution in [1.82, 2.24) is 14.9 Å². The number of aromatic nitrogens is 2. The van der Waals surface area contributed by atoms with Gasteiger partial charge in [-0.3, -0.25) is 14.2 Å². The molecule has 6 heteroatoms. The number of benzene rings is 3. The molecule has 0 bridgehead atoms. The van der Waals surface area contributed by atoms with Crippen molar-refractivity contribution in [2.24, 2.45) is 0 Å². The molecule has 4 rings (SSSR count). The molecule has 4 aromatic rings. The lowest BCUT2D eigenvalue weighted by Gasteiger charge is -2.10. The third kappa shape index (κ3) is 5.34. The highest BCUT2D eigenvalue weighted by Crippen LogP contribution is 2.22. The highest BCUT2D eigenvalue weighted by molar-refractivity contribution is 7.99. The average Bonchev–Trinajstić information content (AvgIpc) is 3.31. The zero-order valence-electron chi connectivity index (χ0n) is 17.7. The van der Waals surface area contributed by atoms with Crippen LogP contribution in [0, 0.1) is 6.92 Å². The van der Waals surface area contributed by atoms with Gasteiger partial charge in [0, 0.05) is 35.8 Å². The quantitative estimate of drug-likeness (QED) is 0.306. The molecule has 5 nitrogen and oxygen atoms in total. The van der Waals surface area contributed by atoms with Gasteiger partial charge in [0.15, 0.2) is 10.9 Å². The van der Waals surface area contributed by atoms with Crippen LogP contribution in [0.25, 0.3) is 5.69 Å². The zero-order chi connectivity index (χ0) is 22.3. The normalized spacial score (nSPS) is 10.7. The summed E-state index contributed by atoms with van der Waals surface area (Å²) in [5, 5.41) is 3.65. The van der Waals surface area contributed by atoms with Crippen molar-refractivity contribution < 1.29 is 9.59 Å². The Kier molecular flexibility index (Phi) is 6.82. The molecular formula is C26H23N3O2S. The highest BCUT2D eigenvalue weighted by atomic mass is 32.2. The van der Waals surface area contributed by atoms with Gasteiger partial charge in [-0.25, -0.2) is 4.98 Å². The fourth-order valence-corrected chi connectivity index (χ4v) is 4.09. The first kappa shape index (κ1) is 21.6. The van der Waals surface area contributed by atoms with Gasteiger partial charge in [0.25, 0.3) is 5.91 Å². The number of thioether (sulfide) groups is 1. The molecule has 0 saturated carbocycles. The summed E-state index contributed by atoms with van der Waals surface area (Å²) in [5.74, 6) is 0.204. The lowest BCUT2D eigenvalue weighted by molar-refractivity contribution is 0.0950. The van der Waals surface area contributed by atoms with Crippen molar-refractivity contribution in [2.75, 3.05) is 5.75 Å². The van der Waals surface area contributed by atoms with E-state index in [0.29, 0.717) is 22.8 Å². The molecule has 1 amide bonds. The summed E-state index contributed by atoms with van der Waals surface area (Å²) in [6.07, 6.45) is 3.53. The maximum atomic E-state index is 12.6. The van der Waals surface area contributed by atoms with E-state index in [1.54, 1.807) is 12.3 Å². The van der Waals surface area contributed by atoms with E-state index in [1.807, 2.05) is 90.5 Å². The smallest absolute Gasteiger partial charge is 0.251 e. The summed E-state index contributed by atoms with van der Waals surface area (Å²) in [6.45, 7) is 2.47. The monoisotopic (exact) mass is 441 g/mol. The molecule has 0 aliphatic heterocycles. The van der Waals surface area contributed by atoms with Gasteiger partial charge in [-0.05, 0) is 30.7 Å². The summed E-state index contributed by atoms with van der Waals surface area (Å²) in [4.78, 5) is 29.6. The topological polar surface area (TPSA) is 64.0 Å². The van der Waals surface area contributed by atoms with Crippen molar-refractivity contribution in [1.29, 1.82) is 0 Å². The third-order valence-electron chi connectivity index (χ3n) is 5.00. The van der Waals surface area contributed by atoms with Crippen LogP contribution >= 0.6 is 11.8 Å². The first-order chi connectivity index (χ1) is 15.6. The number of imidazole rings is 1. The lowest BCUT2D eigenvalue weighted by atomic mass is 10.1. The van der Waals surface area contributed by atoms with Crippen molar-refractivity contribution in [2.45, 2.75) is 18.6 Å². The first-order valence-electron chi connectivity index (χ1n) is 10.3. The number of carbonyl (C=O) groups is 2. The molecule has 0 radical (unpaired) electrons. The maximum Gasteiger partial charge on any atom is 0.251 e. The van der Waals surface area contributed by atoms with E-state index in [0.717, 1.165) is 16.8 Å². The number of rotatable bonds is 8. The minimum atomic E-state index is -0.139. The van der Waals surface area contributed by atoms with Gasteiger partial charge in [-0.15, -0.1) is 0 Å². The number of amides is 1. The maximum absolute atomic E-state index is 12.6. The van der Waals surface area contributed by atoms with Crippen LogP contribution in [0.5, 0.6) is 0 Å². The molecule has 0 saturated heterocycles. The van der Waals surface area contributed by atoms with E-state index in [9.17, 15) is 9.59 Å². The Morgan fingerprint density at radius 2 is 1.72 bits per heavy atom. The van der Waals surface area contributed by atoms with Crippen LogP contribution in [-0.2, 0) is 6.54 Å². The second-order valence-electron chi connectivity index (χ2n) is 7.38. The Morgan fingerprint density at radius 3 is 2.50 bits per heavy atom. The average molecular weight is 442 g/mol. The van der Waals surface area contributed by atoms with Crippen molar-refractivity contribution in [3.63, 3.8) is 0 Å². The predicted molar refractivity (Wildman–Crippen MR) is 127 cm³/mol. The van der Waals surface area contributed by atoms with Gasteiger partial charge in [0.2, 0.25) is 0 Å². The van der Waals surface area contributed by atoms with E-state index in [-0.39, 0.29) is 17.4 Å². The molecule has 0 aliphatic carbocycles. The Labute approximate surface area is 191 Å². The van der Waals surface area contributed by atoms with Crippen molar-refractivity contribution in [3.05, 3.63) is 114 Å². The Hall–Kier alpha value is -3.64. The van der Waals surface area contributed by atoms with Crippen molar-refractivity contribution >= 4 is 23.5 Å². The summed E-state index contributed by atoms with van der Waals surface area (Å²) in [6, 6.07) is 24.7. The van der Waals surface area contributed by atoms with E-state index in [4.69, 9.17) is 0 Å². The molecular weight excluding hydrogens is 418 g/mol. The summed E-state index contributed by atoms with van der Waals surface area (Å²) < 4.78 is 1.89. The molecule has 0 unspecified atom stereocenters. The van der Waals surface area contributed by atoms with Gasteiger partial charge in [-0.2, -0.15) is 0 Å². The Morgan fingerprint density at radius 1 is 0.938 bits per heavy atom. The molecule has 0 spiro atoms. The van der Waals surface area contributed by atoms with Crippen molar-refractivity contribution in [3.8, 4) is 5.69 Å². The lowest BCUT2D eigenvalue weighted by Crippen LogP contribution is -2.22. The van der Waals surface area contributed by atoms with E-state index < -0.39 is 0 Å². The SMILES string of the molecule is Cc1ccc(C(=O)CSc2nccn2-c2cccc(C(=O)NCc3ccccc3)c2)cc1. The number of nitrogens with zero attached hydrogens (tertiary/aromatic N) is 2. The summed E-state index contributed by atoms with van der Waals surface area (Å²) in [7, 11) is 0. The van der Waals surface area contributed by atoms with E-state index in [2.05, 4.69) is 10.3 Å². The van der Waals surface area contributed by atoms with Gasteiger partial charge in [0.1, 0.15) is 0 Å². The molecule has 0 fully saturated rings. The molecule has 1 aromatic heterocycles. The first-order valence-corrected chi connectivity index (χ1v) is 11.3. The van der Waals surface area contributed by atoms with Gasteiger partial charge >= 0.3 is 0 Å². The second-order valence-corrected chi connectivity index (χ2v) is 8.32. The zero-order valence-corrected chi connectivity index (χ0v) is 18.5. The predicted octanol–water partition coefficient (Wildman–Crippen LogP) is 5.09. The highest BCUT2D eigenvalue weighted by Gasteiger charge is 2.12. The van der Waals surface area contributed by atoms with Gasteiger partial charge in [0.05, 0.1) is 5.75 Å². The van der Waals surface area contributed by atoms with Crippen LogP contribution in [0.1, 0.15) is 31.8 Å². The molecule has 3 aromatic carbocycles. The van der Waals surface area contributed by atoms with Crippen LogP contribution in [0.15, 0.2) is 96.4 Å². The molecule has 0 aliphatic rings. The summed E-state index contributed by atoms with van der Waals surface area (Å²) in [5.41, 5.74) is 4.25. The van der Waals surface area contributed by atoms with Crippen LogP contribution in [-0.4, -0.2) is 27.0 Å². The molecule has 160 valence electrons. The standard InChI is InChI=1S/C26H23N3O2S/c1-19-10-12-21(13-11-19)24(30)18-32-26-27-14-15-29(26)23-9-5-8-22(16-23)25(31)28-17-20-6-3-2-4-7-20/h2-16H,17-18H2,1H3,(H,28,31). The van der Waals surface area contributed by atoms with Crippen LogP contribution in [0.3, 0.4) is 0 Å². The number of ketones is 1. The number of nitrogens with one attached hydrogen (secondary N) is 1. The van der Waals surface area contributed by atoms with Crippen LogP contribution in [0.2, 0.25) is 0 Å². The largest absolute Gasteiger partial charge is 0.348 e. The van der Waals surface area contributed by atoms with Gasteiger partial charge < -0.3 is 5.32 Å². The fourth-order valence-electron chi connectivity index (χ4n) is 3.22. The Balaban J connectivity index is 1.43. The minimum Gasteiger partial charge on any atom is -0.348 e. The van der Waals surface area contributed by atoms with E-state index >= 15 is 0 Å². The summed E-state index contributed by atoms with van der Waals surface area (Å²) >= 11 is 1.38. The van der Waals surface area contributed by atoms with E-state index in [1.165, 1.54) is 11.8 Å². The number of hydrogen-bond donors (Lipinski definition) is 1. The number of hydrogen-bond acceptors (Lipinski definition) is 4. The Bertz CT molecular complexity index is 1220. The third-order valence-corrected chi connectivity index (χ3v) is 5.96. The number of Topliss-reactive ketones (excluding diaryl/α,β-unsaturated/α-hetero) is 1. The fraction of sp³-hybridized carbons (Fsp3) is 0.115. The molecule has 1 heterocycles.